The van der Waals surface area contributed by atoms with Crippen LogP contribution in [0.5, 0.6) is 0 Å². The molecule has 2 N–H and O–H groups in total. The van der Waals surface area contributed by atoms with Crippen LogP contribution in [0.3, 0.4) is 0 Å². The summed E-state index contributed by atoms with van der Waals surface area (Å²) < 4.78 is 0.632. The van der Waals surface area contributed by atoms with Crippen molar-refractivity contribution in [2.45, 2.75) is 19.6 Å². The minimum absolute atomic E-state index is 0. The van der Waals surface area contributed by atoms with E-state index in [0.29, 0.717) is 4.48 Å². The van der Waals surface area contributed by atoms with Gasteiger partial charge in [-0.1, -0.05) is 6.92 Å². The first-order valence-corrected chi connectivity index (χ1v) is 3.13. The predicted octanol–water partition coefficient (Wildman–Crippen LogP) is 0.741. The predicted molar refractivity (Wildman–Crippen MR) is 37.8 cm³/mol. The molecule has 0 aliphatic heterocycles. The molecule has 0 heterocycles. The Kier molecular flexibility index (Phi) is 5.78. The first kappa shape index (κ1) is 12.5. The van der Waals surface area contributed by atoms with Crippen LogP contribution >= 0.6 is 0 Å². The number of quaternary nitrogens is 1. The number of rotatable bonds is 3. The lowest BCUT2D eigenvalue weighted by atomic mass is 10.3. The molecule has 0 amide bonds. The van der Waals surface area contributed by atoms with Gasteiger partial charge in [0, 0.05) is 6.42 Å². The summed E-state index contributed by atoms with van der Waals surface area (Å²) in [5, 5.41) is 8.35. The van der Waals surface area contributed by atoms with Crippen molar-refractivity contribution in [1.82, 2.24) is 0 Å². The maximum Gasteiger partial charge on any atom is 0.223 e. The first-order chi connectivity index (χ1) is 4.02. The van der Waals surface area contributed by atoms with Crippen LogP contribution in [-0.4, -0.2) is 42.6 Å². The Balaban J connectivity index is 0. The second kappa shape index (κ2) is 4.62. The SMILES string of the molecule is CCC(OO)[N+](C)(C)C.[OH-]. The van der Waals surface area contributed by atoms with E-state index in [9.17, 15) is 0 Å². The molecule has 0 aliphatic carbocycles. The summed E-state index contributed by atoms with van der Waals surface area (Å²) in [5.74, 6) is 0. The standard InChI is InChI=1S/C6H15NO2.H2O/c1-5-6(9-8)7(2,3)4;/h6H,5H2,1-4H3;1H2. The number of nitrogens with zero attached hydrogens (tertiary/aromatic N) is 1. The van der Waals surface area contributed by atoms with Crippen molar-refractivity contribution < 1.29 is 20.1 Å². The number of hydrogen-bond acceptors (Lipinski definition) is 3. The molecule has 10 heavy (non-hydrogen) atoms. The highest BCUT2D eigenvalue weighted by atomic mass is 17.1. The lowest BCUT2D eigenvalue weighted by Crippen LogP contribution is -2.45. The molecule has 0 aromatic carbocycles. The van der Waals surface area contributed by atoms with E-state index in [1.54, 1.807) is 0 Å². The van der Waals surface area contributed by atoms with E-state index < -0.39 is 0 Å². The highest BCUT2D eigenvalue weighted by molar-refractivity contribution is 4.33. The maximum absolute atomic E-state index is 8.35. The van der Waals surface area contributed by atoms with Crippen LogP contribution in [-0.2, 0) is 4.89 Å². The molecule has 0 fully saturated rings. The average molecular weight is 151 g/mol. The number of hydrogen-bond donors (Lipinski definition) is 1. The zero-order chi connectivity index (χ0) is 7.49. The summed E-state index contributed by atoms with van der Waals surface area (Å²) in [6.45, 7) is 1.98. The fourth-order valence-corrected chi connectivity index (χ4v) is 0.764. The first-order valence-electron chi connectivity index (χ1n) is 3.13. The van der Waals surface area contributed by atoms with Crippen LogP contribution in [0.1, 0.15) is 13.3 Å². The molecular formula is C6H17NO3. The van der Waals surface area contributed by atoms with Crippen LogP contribution < -0.4 is 0 Å². The molecule has 4 heteroatoms. The molecule has 1 unspecified atom stereocenters. The average Bonchev–Trinajstić information content (AvgIpc) is 1.65. The minimum atomic E-state index is -0.106. The third-order valence-corrected chi connectivity index (χ3v) is 1.33. The molecule has 0 saturated carbocycles. The van der Waals surface area contributed by atoms with Crippen LogP contribution in [0.2, 0.25) is 0 Å². The molecule has 4 nitrogen and oxygen atoms in total. The zero-order valence-corrected chi connectivity index (χ0v) is 7.03. The zero-order valence-electron chi connectivity index (χ0n) is 7.03. The van der Waals surface area contributed by atoms with Gasteiger partial charge >= 0.3 is 0 Å². The van der Waals surface area contributed by atoms with E-state index in [0.717, 1.165) is 6.42 Å². The van der Waals surface area contributed by atoms with Gasteiger partial charge in [0.2, 0.25) is 6.23 Å². The van der Waals surface area contributed by atoms with Gasteiger partial charge in [-0.05, 0) is 0 Å². The van der Waals surface area contributed by atoms with Crippen molar-refractivity contribution in [2.75, 3.05) is 21.1 Å². The fourth-order valence-electron chi connectivity index (χ4n) is 0.764. The normalized spacial score (nSPS) is 14.1. The largest absolute Gasteiger partial charge is 0.870 e. The topological polar surface area (TPSA) is 59.5 Å². The van der Waals surface area contributed by atoms with Crippen LogP contribution in [0.25, 0.3) is 0 Å². The second-order valence-electron chi connectivity index (χ2n) is 3.08. The Morgan fingerprint density at radius 3 is 1.80 bits per heavy atom. The smallest absolute Gasteiger partial charge is 0.223 e. The van der Waals surface area contributed by atoms with Crippen molar-refractivity contribution in [2.24, 2.45) is 0 Å². The minimum Gasteiger partial charge on any atom is -0.870 e. The summed E-state index contributed by atoms with van der Waals surface area (Å²) >= 11 is 0. The van der Waals surface area contributed by atoms with Crippen molar-refractivity contribution in [3.8, 4) is 0 Å². The van der Waals surface area contributed by atoms with Crippen molar-refractivity contribution >= 4 is 0 Å². The van der Waals surface area contributed by atoms with Gasteiger partial charge in [0.1, 0.15) is 0 Å². The van der Waals surface area contributed by atoms with E-state index >= 15 is 0 Å². The third kappa shape index (κ3) is 3.79. The van der Waals surface area contributed by atoms with Gasteiger partial charge in [-0.25, -0.2) is 5.26 Å². The maximum atomic E-state index is 8.35. The van der Waals surface area contributed by atoms with Gasteiger partial charge in [-0.15, -0.1) is 0 Å². The molecular weight excluding hydrogens is 134 g/mol. The van der Waals surface area contributed by atoms with Gasteiger partial charge in [0.05, 0.1) is 21.1 Å². The Morgan fingerprint density at radius 1 is 1.40 bits per heavy atom. The molecule has 0 aliphatic rings. The van der Waals surface area contributed by atoms with Gasteiger partial charge < -0.3 is 9.96 Å². The van der Waals surface area contributed by atoms with Crippen molar-refractivity contribution in [3.63, 3.8) is 0 Å². The Bertz CT molecular complexity index is 75.6. The Hall–Kier alpha value is -0.160. The summed E-state index contributed by atoms with van der Waals surface area (Å²) in [5.41, 5.74) is 0. The molecule has 0 aromatic heterocycles. The lowest BCUT2D eigenvalue weighted by Gasteiger charge is -2.30. The molecule has 0 bridgehead atoms. The van der Waals surface area contributed by atoms with E-state index in [1.165, 1.54) is 0 Å². The highest BCUT2D eigenvalue weighted by Gasteiger charge is 2.21. The fraction of sp³-hybridized carbons (Fsp3) is 1.00. The summed E-state index contributed by atoms with van der Waals surface area (Å²) in [7, 11) is 5.93. The molecule has 0 rings (SSSR count). The summed E-state index contributed by atoms with van der Waals surface area (Å²) in [6, 6.07) is 0. The molecule has 0 aromatic rings. The molecule has 1 atom stereocenters. The molecule has 0 saturated heterocycles. The lowest BCUT2D eigenvalue weighted by molar-refractivity contribution is -0.930. The molecule has 0 radical (unpaired) electrons. The van der Waals surface area contributed by atoms with Crippen LogP contribution in [0.15, 0.2) is 0 Å². The monoisotopic (exact) mass is 151 g/mol. The van der Waals surface area contributed by atoms with Crippen molar-refractivity contribution in [1.29, 1.82) is 0 Å². The van der Waals surface area contributed by atoms with Gasteiger partial charge in [0.25, 0.3) is 0 Å². The van der Waals surface area contributed by atoms with Gasteiger partial charge in [-0.2, -0.15) is 4.89 Å². The van der Waals surface area contributed by atoms with E-state index in [4.69, 9.17) is 5.26 Å². The third-order valence-electron chi connectivity index (χ3n) is 1.33. The Labute approximate surface area is 61.9 Å². The van der Waals surface area contributed by atoms with Crippen LogP contribution in [0, 0.1) is 0 Å². The van der Waals surface area contributed by atoms with Crippen LogP contribution in [0.4, 0.5) is 0 Å². The second-order valence-corrected chi connectivity index (χ2v) is 3.08. The van der Waals surface area contributed by atoms with E-state index in [-0.39, 0.29) is 11.7 Å². The highest BCUT2D eigenvalue weighted by Crippen LogP contribution is 2.06. The molecule has 0 spiro atoms. The Morgan fingerprint density at radius 2 is 1.80 bits per heavy atom. The van der Waals surface area contributed by atoms with E-state index in [2.05, 4.69) is 4.89 Å². The van der Waals surface area contributed by atoms with E-state index in [1.807, 2.05) is 28.1 Å². The summed E-state index contributed by atoms with van der Waals surface area (Å²) in [4.78, 5) is 4.24. The van der Waals surface area contributed by atoms with Gasteiger partial charge in [0.15, 0.2) is 0 Å². The van der Waals surface area contributed by atoms with Gasteiger partial charge in [-0.3, -0.25) is 0 Å². The van der Waals surface area contributed by atoms with Crippen molar-refractivity contribution in [3.05, 3.63) is 0 Å². The quantitative estimate of drug-likeness (QED) is 0.280. The summed E-state index contributed by atoms with van der Waals surface area (Å²) in [6.07, 6.45) is 0.713. The molecule has 64 valence electrons.